The minimum Gasteiger partial charge on any atom is -0.0544 e. The lowest BCUT2D eigenvalue weighted by atomic mass is 10.0. The summed E-state index contributed by atoms with van der Waals surface area (Å²) in [4.78, 5) is 0. The molecule has 0 saturated carbocycles. The summed E-state index contributed by atoms with van der Waals surface area (Å²) in [5.74, 6) is 0. The maximum atomic E-state index is 2.37. The van der Waals surface area contributed by atoms with Crippen molar-refractivity contribution in [2.75, 3.05) is 0 Å². The summed E-state index contributed by atoms with van der Waals surface area (Å²) in [5.41, 5.74) is 2.96. The highest BCUT2D eigenvalue weighted by Gasteiger charge is 2.00. The normalized spacial score (nSPS) is 16.2. The third kappa shape index (κ3) is 4.51. The molecular formula is C25H28. The van der Waals surface area contributed by atoms with E-state index >= 15 is 0 Å². The second-order valence-corrected chi connectivity index (χ2v) is 7.66. The monoisotopic (exact) mass is 328 g/mol. The lowest BCUT2D eigenvalue weighted by molar-refractivity contribution is 0.579. The molecule has 6 bridgehead atoms. The number of rotatable bonds is 0. The van der Waals surface area contributed by atoms with Crippen molar-refractivity contribution in [3.8, 4) is 0 Å². The van der Waals surface area contributed by atoms with Crippen molar-refractivity contribution in [1.82, 2.24) is 0 Å². The van der Waals surface area contributed by atoms with Gasteiger partial charge in [-0.25, -0.2) is 0 Å². The van der Waals surface area contributed by atoms with E-state index < -0.39 is 0 Å². The number of fused-ring (bicyclic) bond motifs is 10. The van der Waals surface area contributed by atoms with Crippen LogP contribution in [-0.4, -0.2) is 0 Å². The molecule has 128 valence electrons. The van der Waals surface area contributed by atoms with Gasteiger partial charge < -0.3 is 0 Å². The maximum absolute atomic E-state index is 2.37. The Morgan fingerprint density at radius 3 is 1.04 bits per heavy atom. The van der Waals surface area contributed by atoms with Crippen LogP contribution in [0.1, 0.15) is 56.1 Å². The minimum absolute atomic E-state index is 1.21. The molecule has 0 aromatic heterocycles. The summed E-state index contributed by atoms with van der Waals surface area (Å²) in [6.07, 6.45) is 12.0. The molecule has 3 aromatic carbocycles. The first-order valence-corrected chi connectivity index (χ1v) is 9.99. The third-order valence-electron chi connectivity index (χ3n) is 5.44. The van der Waals surface area contributed by atoms with Gasteiger partial charge in [-0.2, -0.15) is 0 Å². The Labute approximate surface area is 151 Å². The molecule has 0 radical (unpaired) electrons. The molecule has 0 heterocycles. The third-order valence-corrected chi connectivity index (χ3v) is 5.44. The van der Waals surface area contributed by atoms with Gasteiger partial charge in [0.15, 0.2) is 0 Å². The van der Waals surface area contributed by atoms with Gasteiger partial charge in [-0.1, -0.05) is 80.6 Å². The zero-order valence-corrected chi connectivity index (χ0v) is 15.1. The molecule has 0 fully saturated rings. The summed E-state index contributed by atoms with van der Waals surface area (Å²) in [7, 11) is 0. The number of aryl methyl sites for hydroxylation is 2. The van der Waals surface area contributed by atoms with Gasteiger partial charge in [0.05, 0.1) is 0 Å². The van der Waals surface area contributed by atoms with E-state index in [0.29, 0.717) is 0 Å². The first-order chi connectivity index (χ1) is 12.3. The zero-order chi connectivity index (χ0) is 16.9. The molecule has 0 aliphatic heterocycles. The van der Waals surface area contributed by atoms with E-state index in [-0.39, 0.29) is 0 Å². The van der Waals surface area contributed by atoms with Crippen molar-refractivity contribution in [2.24, 2.45) is 0 Å². The van der Waals surface area contributed by atoms with Gasteiger partial charge in [0, 0.05) is 0 Å². The van der Waals surface area contributed by atoms with Gasteiger partial charge in [-0.05, 0) is 70.5 Å². The molecule has 0 amide bonds. The SMILES string of the molecule is c1cc2cc3cc(ccc4cc(cc1c4)CCCCCCCCC3)c2. The summed E-state index contributed by atoms with van der Waals surface area (Å²) in [5, 5.41) is 5.32. The smallest absolute Gasteiger partial charge is 0.0248 e. The Balaban J connectivity index is 1.84. The number of hydrogen-bond acceptors (Lipinski definition) is 0. The summed E-state index contributed by atoms with van der Waals surface area (Å²) < 4.78 is 0. The van der Waals surface area contributed by atoms with Crippen LogP contribution in [0.3, 0.4) is 0 Å². The molecule has 0 saturated heterocycles. The summed E-state index contributed by atoms with van der Waals surface area (Å²) in [6, 6.07) is 23.2. The predicted octanol–water partition coefficient (Wildman–Crippen LogP) is 7.38. The fourth-order valence-corrected chi connectivity index (χ4v) is 4.09. The summed E-state index contributed by atoms with van der Waals surface area (Å²) in [6.45, 7) is 0. The van der Waals surface area contributed by atoms with E-state index in [0.717, 1.165) is 0 Å². The standard InChI is InChI=1S/C25H28/c1-2-4-6-8-20-14-22-10-12-24-16-21(9-7-5-3-1)17-25(19-24)13-11-23(15-20)18-22/h10-19H,1-9H2. The van der Waals surface area contributed by atoms with Crippen LogP contribution in [0.4, 0.5) is 0 Å². The average molecular weight is 328 g/mol. The molecule has 2 aliphatic carbocycles. The second kappa shape index (κ2) is 7.87. The van der Waals surface area contributed by atoms with Crippen molar-refractivity contribution in [2.45, 2.75) is 57.8 Å². The minimum atomic E-state index is 1.21. The lowest BCUT2D eigenvalue weighted by Gasteiger charge is -2.04. The van der Waals surface area contributed by atoms with E-state index in [1.54, 1.807) is 0 Å². The fraction of sp³-hybridized carbons (Fsp3) is 0.360. The Morgan fingerprint density at radius 2 is 0.680 bits per heavy atom. The van der Waals surface area contributed by atoms with E-state index in [1.807, 2.05) is 0 Å². The van der Waals surface area contributed by atoms with Gasteiger partial charge >= 0.3 is 0 Å². The molecule has 3 aromatic rings. The van der Waals surface area contributed by atoms with E-state index in [4.69, 9.17) is 0 Å². The quantitative estimate of drug-likeness (QED) is 0.403. The van der Waals surface area contributed by atoms with Crippen LogP contribution in [0.2, 0.25) is 0 Å². The maximum Gasteiger partial charge on any atom is -0.0248 e. The van der Waals surface area contributed by atoms with Crippen LogP contribution in [0, 0.1) is 0 Å². The second-order valence-electron chi connectivity index (χ2n) is 7.66. The van der Waals surface area contributed by atoms with E-state index in [2.05, 4.69) is 60.7 Å². The first kappa shape index (κ1) is 16.4. The molecule has 2 aliphatic rings. The Kier molecular flexibility index (Phi) is 5.16. The van der Waals surface area contributed by atoms with Crippen LogP contribution in [0.5, 0.6) is 0 Å². The molecule has 0 unspecified atom stereocenters. The lowest BCUT2D eigenvalue weighted by Crippen LogP contribution is -1.87. The average Bonchev–Trinajstić information content (AvgIpc) is 2.62. The fourth-order valence-electron chi connectivity index (χ4n) is 4.09. The van der Waals surface area contributed by atoms with Crippen LogP contribution < -0.4 is 0 Å². The van der Waals surface area contributed by atoms with Crippen molar-refractivity contribution in [3.05, 3.63) is 71.8 Å². The van der Waals surface area contributed by atoms with E-state index in [1.165, 1.54) is 90.5 Å². The number of hydrogen-bond donors (Lipinski definition) is 0. The predicted molar refractivity (Wildman–Crippen MR) is 110 cm³/mol. The van der Waals surface area contributed by atoms with Crippen LogP contribution in [-0.2, 0) is 12.8 Å². The highest BCUT2D eigenvalue weighted by molar-refractivity contribution is 5.74. The molecule has 0 atom stereocenters. The first-order valence-electron chi connectivity index (χ1n) is 9.99. The number of benzene rings is 2. The van der Waals surface area contributed by atoms with Gasteiger partial charge in [0.2, 0.25) is 0 Å². The van der Waals surface area contributed by atoms with Gasteiger partial charge in [-0.3, -0.25) is 0 Å². The molecular weight excluding hydrogens is 300 g/mol. The highest BCUT2D eigenvalue weighted by Crippen LogP contribution is 2.20. The van der Waals surface area contributed by atoms with Crippen LogP contribution in [0.15, 0.2) is 60.7 Å². The van der Waals surface area contributed by atoms with Crippen LogP contribution in [0.25, 0.3) is 21.5 Å². The largest absolute Gasteiger partial charge is 0.0544 e. The Bertz CT molecular complexity index is 757. The van der Waals surface area contributed by atoms with E-state index in [9.17, 15) is 0 Å². The molecule has 5 rings (SSSR count). The van der Waals surface area contributed by atoms with Gasteiger partial charge in [0.25, 0.3) is 0 Å². The van der Waals surface area contributed by atoms with Crippen molar-refractivity contribution in [3.63, 3.8) is 0 Å². The summed E-state index contributed by atoms with van der Waals surface area (Å²) >= 11 is 0. The molecule has 25 heavy (non-hydrogen) atoms. The molecule has 0 N–H and O–H groups in total. The molecule has 0 heteroatoms. The van der Waals surface area contributed by atoms with Crippen molar-refractivity contribution < 1.29 is 0 Å². The molecule has 0 nitrogen and oxygen atoms in total. The van der Waals surface area contributed by atoms with Gasteiger partial charge in [-0.15, -0.1) is 0 Å². The Morgan fingerprint density at radius 1 is 0.360 bits per heavy atom. The Hall–Kier alpha value is -2.08. The van der Waals surface area contributed by atoms with Gasteiger partial charge in [0.1, 0.15) is 0 Å². The van der Waals surface area contributed by atoms with Crippen molar-refractivity contribution >= 4 is 21.5 Å². The molecule has 0 spiro atoms. The van der Waals surface area contributed by atoms with Crippen molar-refractivity contribution in [1.29, 1.82) is 0 Å². The highest BCUT2D eigenvalue weighted by atomic mass is 14.1. The topological polar surface area (TPSA) is 0 Å². The zero-order valence-electron chi connectivity index (χ0n) is 15.1. The van der Waals surface area contributed by atoms with Crippen LogP contribution >= 0.6 is 0 Å².